The zero-order chi connectivity index (χ0) is 17.0. The van der Waals surface area contributed by atoms with E-state index >= 15 is 0 Å². The number of aliphatic carboxylic acids is 1. The molecular formula is C16H28N2O3. The van der Waals surface area contributed by atoms with E-state index < -0.39 is 17.4 Å². The fourth-order valence-electron chi connectivity index (χ4n) is 1.89. The van der Waals surface area contributed by atoms with Crippen molar-refractivity contribution in [1.29, 1.82) is 0 Å². The summed E-state index contributed by atoms with van der Waals surface area (Å²) in [6, 6.07) is -1.04. The van der Waals surface area contributed by atoms with Gasteiger partial charge >= 0.3 is 5.97 Å². The van der Waals surface area contributed by atoms with Crippen LogP contribution in [0.2, 0.25) is 0 Å². The van der Waals surface area contributed by atoms with Crippen molar-refractivity contribution in [2.75, 3.05) is 7.05 Å². The van der Waals surface area contributed by atoms with Gasteiger partial charge in [0.25, 0.3) is 0 Å². The molecule has 0 bridgehead atoms. The van der Waals surface area contributed by atoms with E-state index in [1.54, 1.807) is 19.2 Å². The zero-order valence-corrected chi connectivity index (χ0v) is 13.9. The standard InChI is InChI=1S/C16H28N2O3/c1-8-16(5,6)13(17)14(19)18(7)12(10(2)3)9-11(4)15(20)21/h8-10,12-13H,1,17H2,2-7H3,(H,20,21)/t12-,13?/m1/s1. The Hall–Kier alpha value is -1.62. The van der Waals surface area contributed by atoms with Crippen LogP contribution in [0.5, 0.6) is 0 Å². The topological polar surface area (TPSA) is 83.6 Å². The molecule has 0 aromatic rings. The molecule has 0 spiro atoms. The molecule has 21 heavy (non-hydrogen) atoms. The first kappa shape index (κ1) is 19.4. The Kier molecular flexibility index (Phi) is 6.83. The van der Waals surface area contributed by atoms with Gasteiger partial charge in [0.2, 0.25) is 5.91 Å². The lowest BCUT2D eigenvalue weighted by Crippen LogP contribution is -2.53. The molecule has 0 heterocycles. The van der Waals surface area contributed by atoms with Gasteiger partial charge in [-0.15, -0.1) is 6.58 Å². The van der Waals surface area contributed by atoms with Gasteiger partial charge < -0.3 is 15.7 Å². The molecule has 3 N–H and O–H groups in total. The van der Waals surface area contributed by atoms with Gasteiger partial charge in [0.15, 0.2) is 0 Å². The SMILES string of the molecule is C=CC(C)(C)C(N)C(=O)N(C)[C@H](C=C(C)C(=O)O)C(C)C. The minimum Gasteiger partial charge on any atom is -0.478 e. The Labute approximate surface area is 127 Å². The van der Waals surface area contributed by atoms with Crippen LogP contribution in [-0.4, -0.2) is 41.0 Å². The first-order chi connectivity index (χ1) is 9.45. The molecule has 5 heteroatoms. The minimum absolute atomic E-state index is 0.0762. The predicted octanol–water partition coefficient (Wildman–Crippen LogP) is 2.04. The maximum Gasteiger partial charge on any atom is 0.331 e. The molecule has 1 amide bonds. The summed E-state index contributed by atoms with van der Waals surface area (Å²) in [5, 5.41) is 9.00. The average Bonchev–Trinajstić information content (AvgIpc) is 2.41. The number of rotatable bonds is 7. The van der Waals surface area contributed by atoms with Crippen LogP contribution in [0.4, 0.5) is 0 Å². The molecule has 0 saturated heterocycles. The van der Waals surface area contributed by atoms with Crippen LogP contribution in [0.25, 0.3) is 0 Å². The highest BCUT2D eigenvalue weighted by atomic mass is 16.4. The molecule has 0 fully saturated rings. The van der Waals surface area contributed by atoms with Crippen LogP contribution >= 0.6 is 0 Å². The van der Waals surface area contributed by atoms with Gasteiger partial charge in [-0.25, -0.2) is 4.79 Å². The van der Waals surface area contributed by atoms with E-state index in [4.69, 9.17) is 10.8 Å². The highest BCUT2D eigenvalue weighted by Crippen LogP contribution is 2.23. The van der Waals surface area contributed by atoms with E-state index in [1.807, 2.05) is 27.7 Å². The van der Waals surface area contributed by atoms with Crippen molar-refractivity contribution in [2.24, 2.45) is 17.1 Å². The third kappa shape index (κ3) is 5.01. The summed E-state index contributed by atoms with van der Waals surface area (Å²) in [7, 11) is 1.65. The Balaban J connectivity index is 5.38. The first-order valence-electron chi connectivity index (χ1n) is 7.03. The van der Waals surface area contributed by atoms with E-state index in [0.29, 0.717) is 0 Å². The van der Waals surface area contributed by atoms with Crippen molar-refractivity contribution in [3.05, 3.63) is 24.3 Å². The first-order valence-corrected chi connectivity index (χ1v) is 7.03. The van der Waals surface area contributed by atoms with E-state index in [-0.39, 0.29) is 23.4 Å². The van der Waals surface area contributed by atoms with Gasteiger partial charge in [-0.3, -0.25) is 4.79 Å². The maximum absolute atomic E-state index is 12.5. The van der Waals surface area contributed by atoms with Gasteiger partial charge in [-0.05, 0) is 12.8 Å². The van der Waals surface area contributed by atoms with Gasteiger partial charge in [0, 0.05) is 18.0 Å². The fraction of sp³-hybridized carbons (Fsp3) is 0.625. The quantitative estimate of drug-likeness (QED) is 0.556. The fourth-order valence-corrected chi connectivity index (χ4v) is 1.89. The lowest BCUT2D eigenvalue weighted by Gasteiger charge is -2.35. The Morgan fingerprint density at radius 1 is 1.33 bits per heavy atom. The second-order valence-electron chi connectivity index (χ2n) is 6.34. The molecule has 0 radical (unpaired) electrons. The van der Waals surface area contributed by atoms with Crippen LogP contribution in [0.15, 0.2) is 24.3 Å². The highest BCUT2D eigenvalue weighted by molar-refractivity contribution is 5.86. The van der Waals surface area contributed by atoms with Crippen LogP contribution in [0.3, 0.4) is 0 Å². The van der Waals surface area contributed by atoms with Gasteiger partial charge in [0.1, 0.15) is 0 Å². The number of carboxylic acids is 1. The molecular weight excluding hydrogens is 268 g/mol. The molecule has 0 aromatic heterocycles. The molecule has 120 valence electrons. The van der Waals surface area contributed by atoms with E-state index in [9.17, 15) is 9.59 Å². The lowest BCUT2D eigenvalue weighted by molar-refractivity contribution is -0.136. The Morgan fingerprint density at radius 2 is 1.81 bits per heavy atom. The summed E-state index contributed by atoms with van der Waals surface area (Å²) in [6.07, 6.45) is 3.25. The molecule has 0 aliphatic carbocycles. The normalized spacial score (nSPS) is 15.5. The number of amides is 1. The van der Waals surface area contributed by atoms with Gasteiger partial charge in [-0.2, -0.15) is 0 Å². The van der Waals surface area contributed by atoms with Crippen LogP contribution in [0.1, 0.15) is 34.6 Å². The second-order valence-corrected chi connectivity index (χ2v) is 6.34. The molecule has 0 rings (SSSR count). The second kappa shape index (κ2) is 7.41. The summed E-state index contributed by atoms with van der Waals surface area (Å²) in [4.78, 5) is 25.0. The van der Waals surface area contributed by atoms with Crippen molar-refractivity contribution in [2.45, 2.75) is 46.7 Å². The maximum atomic E-state index is 12.5. The summed E-state index contributed by atoms with van der Waals surface area (Å²) < 4.78 is 0. The number of hydrogen-bond donors (Lipinski definition) is 2. The van der Waals surface area contributed by atoms with Crippen molar-refractivity contribution in [3.8, 4) is 0 Å². The number of hydrogen-bond acceptors (Lipinski definition) is 3. The number of nitrogens with two attached hydrogens (primary N) is 1. The van der Waals surface area contributed by atoms with Gasteiger partial charge in [-0.1, -0.05) is 39.8 Å². The van der Waals surface area contributed by atoms with Crippen molar-refractivity contribution >= 4 is 11.9 Å². The van der Waals surface area contributed by atoms with Crippen molar-refractivity contribution in [1.82, 2.24) is 4.90 Å². The molecule has 5 nitrogen and oxygen atoms in total. The van der Waals surface area contributed by atoms with Crippen molar-refractivity contribution in [3.63, 3.8) is 0 Å². The average molecular weight is 296 g/mol. The monoisotopic (exact) mass is 296 g/mol. The summed E-state index contributed by atoms with van der Waals surface area (Å²) in [5.74, 6) is -1.14. The number of carbonyl (C=O) groups excluding carboxylic acids is 1. The van der Waals surface area contributed by atoms with Crippen LogP contribution in [-0.2, 0) is 9.59 Å². The van der Waals surface area contributed by atoms with Crippen LogP contribution in [0, 0.1) is 11.3 Å². The number of carboxylic acid groups (broad SMARTS) is 1. The van der Waals surface area contributed by atoms with Crippen LogP contribution < -0.4 is 5.73 Å². The van der Waals surface area contributed by atoms with E-state index in [2.05, 4.69) is 6.58 Å². The molecule has 2 atom stereocenters. The smallest absolute Gasteiger partial charge is 0.331 e. The molecule has 0 aliphatic heterocycles. The number of carbonyl (C=O) groups is 2. The summed E-state index contributed by atoms with van der Waals surface area (Å²) in [6.45, 7) is 12.8. The van der Waals surface area contributed by atoms with Gasteiger partial charge in [0.05, 0.1) is 12.1 Å². The number of likely N-dealkylation sites (N-methyl/N-ethyl adjacent to an activating group) is 1. The lowest BCUT2D eigenvalue weighted by atomic mass is 9.84. The predicted molar refractivity (Wildman–Crippen MR) is 84.7 cm³/mol. The van der Waals surface area contributed by atoms with Crippen molar-refractivity contribution < 1.29 is 14.7 Å². The largest absolute Gasteiger partial charge is 0.478 e. The number of nitrogens with zero attached hydrogens (tertiary/aromatic N) is 1. The third-order valence-electron chi connectivity index (χ3n) is 3.83. The zero-order valence-electron chi connectivity index (χ0n) is 13.9. The Morgan fingerprint density at radius 3 is 2.14 bits per heavy atom. The summed E-state index contributed by atoms with van der Waals surface area (Å²) in [5.41, 5.74) is 5.72. The minimum atomic E-state index is -0.989. The highest BCUT2D eigenvalue weighted by Gasteiger charge is 2.34. The van der Waals surface area contributed by atoms with E-state index in [1.165, 1.54) is 11.8 Å². The molecule has 0 aromatic carbocycles. The molecule has 0 aliphatic rings. The molecule has 1 unspecified atom stereocenters. The van der Waals surface area contributed by atoms with E-state index in [0.717, 1.165) is 0 Å². The third-order valence-corrected chi connectivity index (χ3v) is 3.83. The molecule has 0 saturated carbocycles. The Bertz CT molecular complexity index is 439. The summed E-state index contributed by atoms with van der Waals surface area (Å²) >= 11 is 0.